The van der Waals surface area contributed by atoms with Crippen molar-refractivity contribution in [3.05, 3.63) is 65.5 Å². The third-order valence-electron chi connectivity index (χ3n) is 3.10. The number of aromatic nitrogens is 1. The maximum atomic E-state index is 12.2. The molecule has 2 aromatic rings. The predicted octanol–water partition coefficient (Wildman–Crippen LogP) is 2.07. The second-order valence-electron chi connectivity index (χ2n) is 4.69. The van der Waals surface area contributed by atoms with Gasteiger partial charge >= 0.3 is 0 Å². The van der Waals surface area contributed by atoms with Gasteiger partial charge in [-0.2, -0.15) is 0 Å². The quantitative estimate of drug-likeness (QED) is 0.873. The number of carbonyl (C=O) groups is 1. The zero-order valence-electron chi connectivity index (χ0n) is 11.5. The SMILES string of the molecule is CC(NC(=O)c1cccc(CCN)c1)c1ccccn1. The van der Waals surface area contributed by atoms with Crippen molar-refractivity contribution < 1.29 is 4.79 Å². The summed E-state index contributed by atoms with van der Waals surface area (Å²) in [7, 11) is 0. The Bertz CT molecular complexity index is 569. The number of nitrogens with one attached hydrogen (secondary N) is 1. The Kier molecular flexibility index (Phi) is 4.85. The smallest absolute Gasteiger partial charge is 0.251 e. The third-order valence-corrected chi connectivity index (χ3v) is 3.10. The number of nitrogens with zero attached hydrogens (tertiary/aromatic N) is 1. The lowest BCUT2D eigenvalue weighted by atomic mass is 10.1. The molecule has 0 fully saturated rings. The minimum Gasteiger partial charge on any atom is -0.344 e. The van der Waals surface area contributed by atoms with E-state index in [4.69, 9.17) is 5.73 Å². The van der Waals surface area contributed by atoms with E-state index in [1.807, 2.05) is 43.3 Å². The van der Waals surface area contributed by atoms with Crippen LogP contribution < -0.4 is 11.1 Å². The summed E-state index contributed by atoms with van der Waals surface area (Å²) < 4.78 is 0. The fourth-order valence-corrected chi connectivity index (χ4v) is 2.02. The Hall–Kier alpha value is -2.20. The Balaban J connectivity index is 2.06. The molecule has 1 atom stereocenters. The van der Waals surface area contributed by atoms with Crippen molar-refractivity contribution in [2.45, 2.75) is 19.4 Å². The molecule has 4 heteroatoms. The highest BCUT2D eigenvalue weighted by Crippen LogP contribution is 2.11. The molecule has 1 amide bonds. The van der Waals surface area contributed by atoms with Crippen LogP contribution >= 0.6 is 0 Å². The van der Waals surface area contributed by atoms with Crippen molar-refractivity contribution in [3.63, 3.8) is 0 Å². The van der Waals surface area contributed by atoms with Gasteiger partial charge in [-0.25, -0.2) is 0 Å². The largest absolute Gasteiger partial charge is 0.344 e. The van der Waals surface area contributed by atoms with Crippen LogP contribution in [0.2, 0.25) is 0 Å². The second kappa shape index (κ2) is 6.82. The molecule has 1 aromatic heterocycles. The van der Waals surface area contributed by atoms with Crippen molar-refractivity contribution in [2.75, 3.05) is 6.54 Å². The average molecular weight is 269 g/mol. The molecule has 2 rings (SSSR count). The van der Waals surface area contributed by atoms with Crippen molar-refractivity contribution in [1.82, 2.24) is 10.3 Å². The first-order chi connectivity index (χ1) is 9.70. The molecule has 0 radical (unpaired) electrons. The average Bonchev–Trinajstić information content (AvgIpc) is 2.48. The number of benzene rings is 1. The van der Waals surface area contributed by atoms with E-state index in [0.717, 1.165) is 17.7 Å². The molecule has 1 aromatic carbocycles. The zero-order chi connectivity index (χ0) is 14.4. The van der Waals surface area contributed by atoms with Crippen LogP contribution in [0.3, 0.4) is 0 Å². The zero-order valence-corrected chi connectivity index (χ0v) is 11.5. The lowest BCUT2D eigenvalue weighted by molar-refractivity contribution is 0.0939. The Morgan fingerprint density at radius 2 is 2.15 bits per heavy atom. The molecule has 0 spiro atoms. The first-order valence-electron chi connectivity index (χ1n) is 6.71. The fourth-order valence-electron chi connectivity index (χ4n) is 2.02. The van der Waals surface area contributed by atoms with Crippen LogP contribution in [-0.2, 0) is 6.42 Å². The Labute approximate surface area is 119 Å². The maximum Gasteiger partial charge on any atom is 0.251 e. The summed E-state index contributed by atoms with van der Waals surface area (Å²) in [4.78, 5) is 16.5. The van der Waals surface area contributed by atoms with E-state index in [-0.39, 0.29) is 11.9 Å². The highest BCUT2D eigenvalue weighted by molar-refractivity contribution is 5.94. The lowest BCUT2D eigenvalue weighted by Crippen LogP contribution is -2.27. The van der Waals surface area contributed by atoms with Crippen LogP contribution in [0, 0.1) is 0 Å². The van der Waals surface area contributed by atoms with E-state index in [1.165, 1.54) is 0 Å². The van der Waals surface area contributed by atoms with Crippen molar-refractivity contribution in [1.29, 1.82) is 0 Å². The van der Waals surface area contributed by atoms with Gasteiger partial charge in [-0.1, -0.05) is 18.2 Å². The summed E-state index contributed by atoms with van der Waals surface area (Å²) in [5.41, 5.74) is 8.11. The van der Waals surface area contributed by atoms with Crippen LogP contribution in [-0.4, -0.2) is 17.4 Å². The van der Waals surface area contributed by atoms with Crippen LogP contribution in [0.4, 0.5) is 0 Å². The van der Waals surface area contributed by atoms with Crippen molar-refractivity contribution in [2.24, 2.45) is 5.73 Å². The maximum absolute atomic E-state index is 12.2. The van der Waals surface area contributed by atoms with Gasteiger partial charge in [0.05, 0.1) is 11.7 Å². The molecule has 1 heterocycles. The van der Waals surface area contributed by atoms with Crippen molar-refractivity contribution >= 4 is 5.91 Å². The number of rotatable bonds is 5. The molecule has 0 aliphatic heterocycles. The van der Waals surface area contributed by atoms with Gasteiger partial charge in [0.15, 0.2) is 0 Å². The highest BCUT2D eigenvalue weighted by Gasteiger charge is 2.12. The number of amides is 1. The van der Waals surface area contributed by atoms with Gasteiger partial charge in [-0.15, -0.1) is 0 Å². The minimum absolute atomic E-state index is 0.0953. The molecular weight excluding hydrogens is 250 g/mol. The number of hydrogen-bond acceptors (Lipinski definition) is 3. The van der Waals surface area contributed by atoms with Gasteiger partial charge in [0.25, 0.3) is 5.91 Å². The van der Waals surface area contributed by atoms with E-state index in [9.17, 15) is 4.79 Å². The van der Waals surface area contributed by atoms with Crippen LogP contribution in [0.25, 0.3) is 0 Å². The van der Waals surface area contributed by atoms with Gasteiger partial charge in [0.2, 0.25) is 0 Å². The minimum atomic E-state index is -0.123. The molecule has 0 bridgehead atoms. The summed E-state index contributed by atoms with van der Waals surface area (Å²) >= 11 is 0. The predicted molar refractivity (Wildman–Crippen MR) is 79.3 cm³/mol. The molecule has 0 saturated carbocycles. The summed E-state index contributed by atoms with van der Waals surface area (Å²) in [5.74, 6) is -0.0953. The van der Waals surface area contributed by atoms with Crippen LogP contribution in [0.15, 0.2) is 48.7 Å². The highest BCUT2D eigenvalue weighted by atomic mass is 16.1. The fraction of sp³-hybridized carbons (Fsp3) is 0.250. The Morgan fingerprint density at radius 3 is 2.85 bits per heavy atom. The van der Waals surface area contributed by atoms with Gasteiger partial charge < -0.3 is 11.1 Å². The van der Waals surface area contributed by atoms with Crippen LogP contribution in [0.1, 0.15) is 34.6 Å². The standard InChI is InChI=1S/C16H19N3O/c1-12(15-7-2-3-10-18-15)19-16(20)14-6-4-5-13(11-14)8-9-17/h2-7,10-12H,8-9,17H2,1H3,(H,19,20). The molecule has 3 N–H and O–H groups in total. The number of pyridine rings is 1. The molecule has 0 aliphatic carbocycles. The molecule has 4 nitrogen and oxygen atoms in total. The number of nitrogens with two attached hydrogens (primary N) is 1. The summed E-state index contributed by atoms with van der Waals surface area (Å²) in [6.45, 7) is 2.50. The normalized spacial score (nSPS) is 11.9. The summed E-state index contributed by atoms with van der Waals surface area (Å²) in [6, 6.07) is 13.1. The molecule has 0 saturated heterocycles. The molecule has 1 unspecified atom stereocenters. The van der Waals surface area contributed by atoms with E-state index >= 15 is 0 Å². The van der Waals surface area contributed by atoms with E-state index < -0.39 is 0 Å². The van der Waals surface area contributed by atoms with Gasteiger partial charge in [0, 0.05) is 11.8 Å². The monoisotopic (exact) mass is 269 g/mol. The lowest BCUT2D eigenvalue weighted by Gasteiger charge is -2.13. The Morgan fingerprint density at radius 1 is 1.30 bits per heavy atom. The van der Waals surface area contributed by atoms with Gasteiger partial charge in [0.1, 0.15) is 0 Å². The van der Waals surface area contributed by atoms with E-state index in [2.05, 4.69) is 10.3 Å². The van der Waals surface area contributed by atoms with Crippen LogP contribution in [0.5, 0.6) is 0 Å². The van der Waals surface area contributed by atoms with E-state index in [0.29, 0.717) is 12.1 Å². The van der Waals surface area contributed by atoms with Crippen molar-refractivity contribution in [3.8, 4) is 0 Å². The number of carbonyl (C=O) groups excluding carboxylic acids is 1. The first kappa shape index (κ1) is 14.2. The molecule has 0 aliphatic rings. The third kappa shape index (κ3) is 3.65. The molecule has 104 valence electrons. The number of hydrogen-bond donors (Lipinski definition) is 2. The molecule has 20 heavy (non-hydrogen) atoms. The summed E-state index contributed by atoms with van der Waals surface area (Å²) in [6.07, 6.45) is 2.50. The second-order valence-corrected chi connectivity index (χ2v) is 4.69. The van der Waals surface area contributed by atoms with Gasteiger partial charge in [-0.05, 0) is 49.7 Å². The van der Waals surface area contributed by atoms with Gasteiger partial charge in [-0.3, -0.25) is 9.78 Å². The van der Waals surface area contributed by atoms with E-state index in [1.54, 1.807) is 12.3 Å². The topological polar surface area (TPSA) is 68.0 Å². The molecular formula is C16H19N3O. The summed E-state index contributed by atoms with van der Waals surface area (Å²) in [5, 5.41) is 2.95. The first-order valence-corrected chi connectivity index (χ1v) is 6.71.